The van der Waals surface area contributed by atoms with Crippen LogP contribution in [0.5, 0.6) is 0 Å². The van der Waals surface area contributed by atoms with Gasteiger partial charge in [0.05, 0.1) is 6.54 Å². The molecule has 1 aromatic heterocycles. The highest BCUT2D eigenvalue weighted by Crippen LogP contribution is 2.23. The fourth-order valence-electron chi connectivity index (χ4n) is 1.21. The first-order valence-electron chi connectivity index (χ1n) is 5.21. The molecule has 17 heavy (non-hydrogen) atoms. The molecule has 1 heterocycles. The van der Waals surface area contributed by atoms with Gasteiger partial charge in [-0.1, -0.05) is 12.8 Å². The molecule has 0 aliphatic heterocycles. The van der Waals surface area contributed by atoms with Gasteiger partial charge in [-0.2, -0.15) is 4.31 Å². The molecule has 1 N–H and O–H groups in total. The molecule has 0 amide bonds. The summed E-state index contributed by atoms with van der Waals surface area (Å²) in [5.41, 5.74) is 0. The van der Waals surface area contributed by atoms with Gasteiger partial charge in [0, 0.05) is 18.5 Å². The van der Waals surface area contributed by atoms with E-state index in [0.29, 0.717) is 10.8 Å². The Labute approximate surface area is 107 Å². The molecule has 1 rings (SSSR count). The van der Waals surface area contributed by atoms with E-state index in [4.69, 9.17) is 6.42 Å². The zero-order valence-corrected chi connectivity index (χ0v) is 11.6. The van der Waals surface area contributed by atoms with Crippen LogP contribution in [-0.2, 0) is 16.6 Å². The van der Waals surface area contributed by atoms with Gasteiger partial charge < -0.3 is 5.32 Å². The SMILES string of the molecule is C#CCN(C)S(=O)(=O)c1ccc(CNCC)s1. The van der Waals surface area contributed by atoms with Crippen molar-refractivity contribution >= 4 is 21.4 Å². The number of sulfonamides is 1. The Kier molecular flexibility index (Phi) is 5.15. The predicted octanol–water partition coefficient (Wildman–Crippen LogP) is 1.11. The Hall–Kier alpha value is -0.870. The van der Waals surface area contributed by atoms with Crippen molar-refractivity contribution in [1.82, 2.24) is 9.62 Å². The smallest absolute Gasteiger partial charge is 0.253 e. The van der Waals surface area contributed by atoms with E-state index in [9.17, 15) is 8.42 Å². The Morgan fingerprint density at radius 1 is 1.53 bits per heavy atom. The van der Waals surface area contributed by atoms with Crippen molar-refractivity contribution in [3.63, 3.8) is 0 Å². The fraction of sp³-hybridized carbons (Fsp3) is 0.455. The summed E-state index contributed by atoms with van der Waals surface area (Å²) in [5, 5.41) is 3.15. The molecule has 0 atom stereocenters. The summed E-state index contributed by atoms with van der Waals surface area (Å²) in [6.07, 6.45) is 5.11. The second kappa shape index (κ2) is 6.17. The van der Waals surface area contributed by atoms with Crippen LogP contribution < -0.4 is 5.32 Å². The van der Waals surface area contributed by atoms with E-state index in [1.165, 1.54) is 22.7 Å². The number of hydrogen-bond donors (Lipinski definition) is 1. The van der Waals surface area contributed by atoms with E-state index in [-0.39, 0.29) is 6.54 Å². The first-order chi connectivity index (χ1) is 8.02. The van der Waals surface area contributed by atoms with Crippen LogP contribution in [0.4, 0.5) is 0 Å². The molecule has 4 nitrogen and oxygen atoms in total. The van der Waals surface area contributed by atoms with E-state index in [0.717, 1.165) is 11.4 Å². The first kappa shape index (κ1) is 14.2. The third-order valence-electron chi connectivity index (χ3n) is 2.16. The molecule has 0 spiro atoms. The van der Waals surface area contributed by atoms with Crippen LogP contribution in [0, 0.1) is 12.3 Å². The lowest BCUT2D eigenvalue weighted by Crippen LogP contribution is -2.26. The minimum atomic E-state index is -3.42. The van der Waals surface area contributed by atoms with Crippen LogP contribution in [0.3, 0.4) is 0 Å². The lowest BCUT2D eigenvalue weighted by molar-refractivity contribution is 0.505. The Balaban J connectivity index is 2.86. The van der Waals surface area contributed by atoms with Crippen molar-refractivity contribution < 1.29 is 8.42 Å². The van der Waals surface area contributed by atoms with Gasteiger partial charge >= 0.3 is 0 Å². The van der Waals surface area contributed by atoms with Gasteiger partial charge in [0.1, 0.15) is 4.21 Å². The van der Waals surface area contributed by atoms with Crippen LogP contribution in [0.1, 0.15) is 11.8 Å². The second-order valence-electron chi connectivity index (χ2n) is 3.47. The number of hydrogen-bond acceptors (Lipinski definition) is 4. The average molecular weight is 272 g/mol. The fourth-order valence-corrected chi connectivity index (χ4v) is 3.83. The summed E-state index contributed by atoms with van der Waals surface area (Å²) in [5.74, 6) is 2.32. The molecular formula is C11H16N2O2S2. The van der Waals surface area contributed by atoms with E-state index in [2.05, 4.69) is 11.2 Å². The normalized spacial score (nSPS) is 11.6. The Bertz CT molecular complexity index is 500. The lowest BCUT2D eigenvalue weighted by atomic mass is 10.4. The third kappa shape index (κ3) is 3.54. The first-order valence-corrected chi connectivity index (χ1v) is 7.47. The highest BCUT2D eigenvalue weighted by Gasteiger charge is 2.21. The molecule has 0 saturated heterocycles. The summed E-state index contributed by atoms with van der Waals surface area (Å²) in [7, 11) is -1.94. The third-order valence-corrected chi connectivity index (χ3v) is 5.52. The molecule has 0 unspecified atom stereocenters. The number of rotatable bonds is 6. The van der Waals surface area contributed by atoms with Gasteiger partial charge in [0.15, 0.2) is 0 Å². The number of nitrogens with zero attached hydrogens (tertiary/aromatic N) is 1. The maximum atomic E-state index is 12.0. The molecular weight excluding hydrogens is 256 g/mol. The van der Waals surface area contributed by atoms with Gasteiger partial charge in [-0.05, 0) is 18.7 Å². The topological polar surface area (TPSA) is 49.4 Å². The van der Waals surface area contributed by atoms with E-state index >= 15 is 0 Å². The summed E-state index contributed by atoms with van der Waals surface area (Å²) < 4.78 is 25.6. The van der Waals surface area contributed by atoms with Crippen molar-refractivity contribution in [3.05, 3.63) is 17.0 Å². The molecule has 0 saturated carbocycles. The zero-order valence-electron chi connectivity index (χ0n) is 9.93. The summed E-state index contributed by atoms with van der Waals surface area (Å²) in [6, 6.07) is 3.45. The van der Waals surface area contributed by atoms with E-state index in [1.807, 2.05) is 13.0 Å². The zero-order chi connectivity index (χ0) is 12.9. The highest BCUT2D eigenvalue weighted by molar-refractivity contribution is 7.91. The van der Waals surface area contributed by atoms with Crippen molar-refractivity contribution in [1.29, 1.82) is 0 Å². The molecule has 0 bridgehead atoms. The molecule has 94 valence electrons. The van der Waals surface area contributed by atoms with Crippen molar-refractivity contribution in [2.45, 2.75) is 17.7 Å². The molecule has 0 aliphatic carbocycles. The van der Waals surface area contributed by atoms with Gasteiger partial charge in [-0.15, -0.1) is 17.8 Å². The van der Waals surface area contributed by atoms with Crippen LogP contribution in [0.2, 0.25) is 0 Å². The number of nitrogens with one attached hydrogen (secondary N) is 1. The van der Waals surface area contributed by atoms with Gasteiger partial charge in [0.2, 0.25) is 0 Å². The Morgan fingerprint density at radius 2 is 2.24 bits per heavy atom. The quantitative estimate of drug-likeness (QED) is 0.789. The summed E-state index contributed by atoms with van der Waals surface area (Å²) >= 11 is 1.27. The lowest BCUT2D eigenvalue weighted by Gasteiger charge is -2.12. The van der Waals surface area contributed by atoms with Gasteiger partial charge in [0.25, 0.3) is 10.0 Å². The largest absolute Gasteiger partial charge is 0.312 e. The van der Waals surface area contributed by atoms with Crippen molar-refractivity contribution in [2.24, 2.45) is 0 Å². The maximum absolute atomic E-state index is 12.0. The average Bonchev–Trinajstić information content (AvgIpc) is 2.75. The van der Waals surface area contributed by atoms with E-state index < -0.39 is 10.0 Å². The molecule has 1 aromatic rings. The second-order valence-corrected chi connectivity index (χ2v) is 6.91. The van der Waals surface area contributed by atoms with Gasteiger partial charge in [-0.25, -0.2) is 8.42 Å². The van der Waals surface area contributed by atoms with Crippen molar-refractivity contribution in [3.8, 4) is 12.3 Å². The standard InChI is InChI=1S/C11H16N2O2S2/c1-4-8-13(3)17(14,15)11-7-6-10(16-11)9-12-5-2/h1,6-7,12H,5,8-9H2,2-3H3. The predicted molar refractivity (Wildman–Crippen MR) is 70.3 cm³/mol. The summed E-state index contributed by atoms with van der Waals surface area (Å²) in [6.45, 7) is 3.64. The Morgan fingerprint density at radius 3 is 2.82 bits per heavy atom. The van der Waals surface area contributed by atoms with Crippen LogP contribution >= 0.6 is 11.3 Å². The minimum absolute atomic E-state index is 0.0861. The molecule has 0 aliphatic rings. The molecule has 0 fully saturated rings. The monoisotopic (exact) mass is 272 g/mol. The maximum Gasteiger partial charge on any atom is 0.253 e. The molecule has 6 heteroatoms. The molecule has 0 aromatic carbocycles. The van der Waals surface area contributed by atoms with Crippen LogP contribution in [0.15, 0.2) is 16.3 Å². The van der Waals surface area contributed by atoms with Crippen LogP contribution in [0.25, 0.3) is 0 Å². The summed E-state index contributed by atoms with van der Waals surface area (Å²) in [4.78, 5) is 1.000. The minimum Gasteiger partial charge on any atom is -0.312 e. The molecule has 0 radical (unpaired) electrons. The van der Waals surface area contributed by atoms with Crippen molar-refractivity contribution in [2.75, 3.05) is 20.1 Å². The van der Waals surface area contributed by atoms with E-state index in [1.54, 1.807) is 6.07 Å². The van der Waals surface area contributed by atoms with Gasteiger partial charge in [-0.3, -0.25) is 0 Å². The number of terminal acetylenes is 1. The number of thiophene rings is 1. The highest BCUT2D eigenvalue weighted by atomic mass is 32.2. The van der Waals surface area contributed by atoms with Crippen LogP contribution in [-0.4, -0.2) is 32.9 Å².